The van der Waals surface area contributed by atoms with E-state index in [9.17, 15) is 8.78 Å². The maximum atomic E-state index is 13.7. The third-order valence-corrected chi connectivity index (χ3v) is 3.11. The van der Waals surface area contributed by atoms with Gasteiger partial charge in [0.1, 0.15) is 11.6 Å². The van der Waals surface area contributed by atoms with Crippen molar-refractivity contribution in [2.75, 3.05) is 0 Å². The highest BCUT2D eigenvalue weighted by Gasteiger charge is 2.27. The summed E-state index contributed by atoms with van der Waals surface area (Å²) in [6.07, 6.45) is 2.17. The van der Waals surface area contributed by atoms with Gasteiger partial charge in [0.25, 0.3) is 0 Å². The van der Waals surface area contributed by atoms with Crippen molar-refractivity contribution in [3.05, 3.63) is 59.7 Å². The maximum absolute atomic E-state index is 13.7. The summed E-state index contributed by atoms with van der Waals surface area (Å²) in [7, 11) is 0. The van der Waals surface area contributed by atoms with Crippen LogP contribution in [-0.4, -0.2) is 0 Å². The van der Waals surface area contributed by atoms with Crippen LogP contribution in [0.2, 0.25) is 0 Å². The van der Waals surface area contributed by atoms with E-state index in [-0.39, 0.29) is 5.56 Å². The van der Waals surface area contributed by atoms with Crippen LogP contribution < -0.4 is 0 Å². The van der Waals surface area contributed by atoms with Crippen LogP contribution in [-0.2, 0) is 0 Å². The van der Waals surface area contributed by atoms with Crippen molar-refractivity contribution < 1.29 is 8.78 Å². The second-order valence-corrected chi connectivity index (χ2v) is 4.37. The van der Waals surface area contributed by atoms with E-state index in [1.807, 2.05) is 0 Å². The van der Waals surface area contributed by atoms with Crippen molar-refractivity contribution in [1.29, 1.82) is 0 Å². The van der Waals surface area contributed by atoms with Crippen LogP contribution in [0.5, 0.6) is 0 Å². The van der Waals surface area contributed by atoms with Gasteiger partial charge in [-0.1, -0.05) is 24.3 Å². The Morgan fingerprint density at radius 3 is 2.35 bits per heavy atom. The van der Waals surface area contributed by atoms with Crippen molar-refractivity contribution in [1.82, 2.24) is 0 Å². The zero-order valence-electron chi connectivity index (χ0n) is 9.21. The summed E-state index contributed by atoms with van der Waals surface area (Å²) in [5.41, 5.74) is 1.66. The molecule has 0 nitrogen and oxygen atoms in total. The number of halogens is 2. The van der Waals surface area contributed by atoms with Crippen LogP contribution in [0.25, 0.3) is 11.1 Å². The molecule has 0 unspecified atom stereocenters. The highest BCUT2D eigenvalue weighted by Crippen LogP contribution is 2.44. The second kappa shape index (κ2) is 3.95. The van der Waals surface area contributed by atoms with E-state index >= 15 is 0 Å². The molecule has 0 heterocycles. The second-order valence-electron chi connectivity index (χ2n) is 4.37. The van der Waals surface area contributed by atoms with Gasteiger partial charge in [-0.3, -0.25) is 0 Å². The fourth-order valence-electron chi connectivity index (χ4n) is 2.13. The van der Waals surface area contributed by atoms with E-state index in [0.29, 0.717) is 11.5 Å². The number of hydrogen-bond acceptors (Lipinski definition) is 0. The Balaban J connectivity index is 2.21. The van der Waals surface area contributed by atoms with Crippen molar-refractivity contribution in [2.45, 2.75) is 18.8 Å². The molecule has 0 saturated heterocycles. The molecule has 2 aromatic rings. The minimum absolute atomic E-state index is 0.0752. The van der Waals surface area contributed by atoms with Gasteiger partial charge in [0.05, 0.1) is 5.56 Å². The molecular weight excluding hydrogens is 218 g/mol. The quantitative estimate of drug-likeness (QED) is 0.719. The molecule has 0 bridgehead atoms. The summed E-state index contributed by atoms with van der Waals surface area (Å²) in [4.78, 5) is 0. The molecule has 0 amide bonds. The molecule has 17 heavy (non-hydrogen) atoms. The highest BCUT2D eigenvalue weighted by molar-refractivity contribution is 5.69. The number of hydrogen-bond donors (Lipinski definition) is 0. The Kier molecular flexibility index (Phi) is 2.43. The van der Waals surface area contributed by atoms with Gasteiger partial charge in [-0.05, 0) is 48.1 Å². The van der Waals surface area contributed by atoms with Crippen LogP contribution >= 0.6 is 0 Å². The van der Waals surface area contributed by atoms with Gasteiger partial charge in [-0.25, -0.2) is 8.78 Å². The zero-order valence-corrected chi connectivity index (χ0v) is 9.21. The first-order valence-corrected chi connectivity index (χ1v) is 5.72. The minimum atomic E-state index is -0.508. The standard InChI is InChI=1S/C15H11F2/c16-13-6-3-7-14(17)15(13)12-5-2-1-4-11(12)10-8-9-10/h1-3,5-7,10H,8-9H2. The van der Waals surface area contributed by atoms with Crippen LogP contribution in [0.15, 0.2) is 36.4 Å². The Hall–Kier alpha value is -1.70. The van der Waals surface area contributed by atoms with Crippen molar-refractivity contribution in [3.8, 4) is 11.1 Å². The summed E-state index contributed by atoms with van der Waals surface area (Å²) in [6, 6.07) is 12.4. The fourth-order valence-corrected chi connectivity index (χ4v) is 2.13. The molecule has 0 atom stereocenters. The van der Waals surface area contributed by atoms with E-state index < -0.39 is 11.6 Å². The molecule has 0 N–H and O–H groups in total. The van der Waals surface area contributed by atoms with Crippen LogP contribution in [0, 0.1) is 17.7 Å². The third-order valence-electron chi connectivity index (χ3n) is 3.11. The first-order chi connectivity index (χ1) is 8.27. The van der Waals surface area contributed by atoms with Gasteiger partial charge in [-0.2, -0.15) is 0 Å². The molecule has 2 aromatic carbocycles. The lowest BCUT2D eigenvalue weighted by Gasteiger charge is -2.10. The molecule has 1 aliphatic rings. The Morgan fingerprint density at radius 2 is 1.71 bits per heavy atom. The van der Waals surface area contributed by atoms with E-state index in [1.165, 1.54) is 18.2 Å². The largest absolute Gasteiger partial charge is 0.206 e. The molecule has 85 valence electrons. The van der Waals surface area contributed by atoms with Gasteiger partial charge < -0.3 is 0 Å². The van der Waals surface area contributed by atoms with Gasteiger partial charge in [0.2, 0.25) is 0 Å². The average molecular weight is 229 g/mol. The minimum Gasteiger partial charge on any atom is -0.206 e. The molecule has 3 rings (SSSR count). The van der Waals surface area contributed by atoms with Gasteiger partial charge >= 0.3 is 0 Å². The summed E-state index contributed by atoms with van der Waals surface area (Å²) in [6.45, 7) is 0. The van der Waals surface area contributed by atoms with E-state index in [4.69, 9.17) is 0 Å². The first-order valence-electron chi connectivity index (χ1n) is 5.72. The van der Waals surface area contributed by atoms with Crippen LogP contribution in [0.1, 0.15) is 24.3 Å². The molecule has 0 aliphatic heterocycles. The first kappa shape index (κ1) is 10.5. The zero-order chi connectivity index (χ0) is 11.8. The Labute approximate surface area is 98.9 Å². The topological polar surface area (TPSA) is 0 Å². The van der Waals surface area contributed by atoms with Crippen LogP contribution in [0.3, 0.4) is 0 Å². The van der Waals surface area contributed by atoms with Crippen molar-refractivity contribution in [3.63, 3.8) is 0 Å². The Morgan fingerprint density at radius 1 is 1.00 bits per heavy atom. The van der Waals surface area contributed by atoms with Gasteiger partial charge in [0.15, 0.2) is 0 Å². The third kappa shape index (κ3) is 1.84. The lowest BCUT2D eigenvalue weighted by atomic mass is 9.96. The predicted molar refractivity (Wildman–Crippen MR) is 62.6 cm³/mol. The SMILES string of the molecule is Fc1cccc(F)c1-c1ccc[c]c1C1CC1. The maximum Gasteiger partial charge on any atom is 0.133 e. The average Bonchev–Trinajstić information content (AvgIpc) is 3.13. The predicted octanol–water partition coefficient (Wildman–Crippen LogP) is 4.31. The molecule has 1 aliphatic carbocycles. The molecule has 2 heteroatoms. The fraction of sp³-hybridized carbons (Fsp3) is 0.200. The van der Waals surface area contributed by atoms with Crippen LogP contribution in [0.4, 0.5) is 8.78 Å². The molecular formula is C15H11F2. The van der Waals surface area contributed by atoms with Crippen molar-refractivity contribution in [2.24, 2.45) is 0 Å². The Bertz CT molecular complexity index is 536. The lowest BCUT2D eigenvalue weighted by molar-refractivity contribution is 0.589. The van der Waals surface area contributed by atoms with Crippen molar-refractivity contribution >= 4 is 0 Å². The van der Waals surface area contributed by atoms with Gasteiger partial charge in [-0.15, -0.1) is 0 Å². The molecule has 0 aromatic heterocycles. The smallest absolute Gasteiger partial charge is 0.133 e. The monoisotopic (exact) mass is 229 g/mol. The highest BCUT2D eigenvalue weighted by atomic mass is 19.1. The molecule has 0 spiro atoms. The number of rotatable bonds is 2. The summed E-state index contributed by atoms with van der Waals surface area (Å²) in [5.74, 6) is -0.594. The normalized spacial score (nSPS) is 14.9. The van der Waals surface area contributed by atoms with E-state index in [1.54, 1.807) is 18.2 Å². The summed E-state index contributed by atoms with van der Waals surface area (Å²) < 4.78 is 27.5. The molecule has 1 saturated carbocycles. The summed E-state index contributed by atoms with van der Waals surface area (Å²) >= 11 is 0. The van der Waals surface area contributed by atoms with E-state index in [2.05, 4.69) is 6.07 Å². The van der Waals surface area contributed by atoms with Gasteiger partial charge in [0, 0.05) is 0 Å². The van der Waals surface area contributed by atoms with E-state index in [0.717, 1.165) is 18.4 Å². The lowest BCUT2D eigenvalue weighted by Crippen LogP contribution is -1.94. The molecule has 1 fully saturated rings. The number of benzene rings is 2. The summed E-state index contributed by atoms with van der Waals surface area (Å²) in [5, 5.41) is 0. The molecule has 1 radical (unpaired) electrons.